The molecule has 36 heavy (non-hydrogen) atoms. The molecule has 1 aliphatic heterocycles. The third kappa shape index (κ3) is 21.4. The molecule has 0 aromatic carbocycles. The van der Waals surface area contributed by atoms with Crippen LogP contribution in [-0.4, -0.2) is 44.0 Å². The summed E-state index contributed by atoms with van der Waals surface area (Å²) in [6, 6.07) is 0. The molecule has 3 heteroatoms. The summed E-state index contributed by atoms with van der Waals surface area (Å²) in [7, 11) is 0. The van der Waals surface area contributed by atoms with E-state index in [-0.39, 0.29) is 0 Å². The molecule has 1 saturated heterocycles. The Labute approximate surface area is 226 Å². The van der Waals surface area contributed by atoms with Crippen LogP contribution in [-0.2, 0) is 9.47 Å². The van der Waals surface area contributed by atoms with Crippen LogP contribution in [0.25, 0.3) is 0 Å². The summed E-state index contributed by atoms with van der Waals surface area (Å²) in [5.74, 6) is 0. The first kappa shape index (κ1) is 33.4. The zero-order chi connectivity index (χ0) is 25.8. The van der Waals surface area contributed by atoms with Crippen molar-refractivity contribution in [3.05, 3.63) is 24.3 Å². The summed E-state index contributed by atoms with van der Waals surface area (Å²) in [6.45, 7) is 9.66. The van der Waals surface area contributed by atoms with Gasteiger partial charge in [-0.15, -0.1) is 0 Å². The minimum Gasteiger partial charge on any atom is -0.381 e. The smallest absolute Gasteiger partial charge is 0.110 e. The summed E-state index contributed by atoms with van der Waals surface area (Å²) in [5.41, 5.74) is 0. The molecule has 0 N–H and O–H groups in total. The van der Waals surface area contributed by atoms with Crippen LogP contribution in [0.2, 0.25) is 0 Å². The molecule has 1 rings (SSSR count). The van der Waals surface area contributed by atoms with Gasteiger partial charge in [-0.05, 0) is 64.2 Å². The second-order valence-corrected chi connectivity index (χ2v) is 10.8. The van der Waals surface area contributed by atoms with E-state index >= 15 is 0 Å². The number of likely N-dealkylation sites (tertiary alicyclic amines) is 1. The molecule has 212 valence electrons. The molecule has 1 unspecified atom stereocenters. The first-order valence-electron chi connectivity index (χ1n) is 16.1. The lowest BCUT2D eigenvalue weighted by atomic mass is 10.1. The molecule has 0 aliphatic carbocycles. The van der Waals surface area contributed by atoms with Gasteiger partial charge in [-0.1, -0.05) is 109 Å². The molecule has 1 heterocycles. The molecule has 3 nitrogen and oxygen atoms in total. The first-order valence-corrected chi connectivity index (χ1v) is 16.1. The number of ether oxygens (including phenoxy) is 2. The van der Waals surface area contributed by atoms with E-state index in [1.54, 1.807) is 0 Å². The summed E-state index contributed by atoms with van der Waals surface area (Å²) >= 11 is 0. The van der Waals surface area contributed by atoms with Crippen LogP contribution in [0.15, 0.2) is 24.3 Å². The van der Waals surface area contributed by atoms with Gasteiger partial charge >= 0.3 is 0 Å². The highest BCUT2D eigenvalue weighted by Gasteiger charge is 2.24. The van der Waals surface area contributed by atoms with Crippen molar-refractivity contribution in [3.8, 4) is 0 Å². The van der Waals surface area contributed by atoms with Gasteiger partial charge in [-0.2, -0.15) is 0 Å². The Morgan fingerprint density at radius 2 is 1.17 bits per heavy atom. The lowest BCUT2D eigenvalue weighted by Gasteiger charge is -2.24. The highest BCUT2D eigenvalue weighted by Crippen LogP contribution is 2.19. The molecular formula is C33H63NO2. The number of unbranched alkanes of at least 4 members (excludes halogenated alkanes) is 14. The summed E-state index contributed by atoms with van der Waals surface area (Å²) in [6.07, 6.45) is 37.0. The number of hydrogen-bond donors (Lipinski definition) is 0. The molecule has 0 radical (unpaired) electrons. The van der Waals surface area contributed by atoms with Gasteiger partial charge in [-0.3, -0.25) is 4.90 Å². The molecule has 0 bridgehead atoms. The predicted octanol–water partition coefficient (Wildman–Crippen LogP) is 10.0. The second-order valence-electron chi connectivity index (χ2n) is 10.8. The monoisotopic (exact) mass is 505 g/mol. The second kappa shape index (κ2) is 27.4. The van der Waals surface area contributed by atoms with E-state index in [4.69, 9.17) is 9.47 Å². The molecule has 1 fully saturated rings. The van der Waals surface area contributed by atoms with Crippen molar-refractivity contribution in [2.75, 3.05) is 32.9 Å². The van der Waals surface area contributed by atoms with E-state index in [9.17, 15) is 0 Å². The predicted molar refractivity (Wildman–Crippen MR) is 159 cm³/mol. The van der Waals surface area contributed by atoms with Crippen molar-refractivity contribution in [2.24, 2.45) is 0 Å². The fourth-order valence-corrected chi connectivity index (χ4v) is 5.01. The van der Waals surface area contributed by atoms with Gasteiger partial charge in [0.15, 0.2) is 0 Å². The van der Waals surface area contributed by atoms with Gasteiger partial charge in [0.1, 0.15) is 6.23 Å². The third-order valence-electron chi connectivity index (χ3n) is 7.34. The third-order valence-corrected chi connectivity index (χ3v) is 7.34. The largest absolute Gasteiger partial charge is 0.381 e. The van der Waals surface area contributed by atoms with Gasteiger partial charge < -0.3 is 9.47 Å². The molecule has 0 aromatic heterocycles. The summed E-state index contributed by atoms with van der Waals surface area (Å²) in [4.78, 5) is 2.55. The molecule has 1 atom stereocenters. The molecule has 0 amide bonds. The Kier molecular flexibility index (Phi) is 25.4. The van der Waals surface area contributed by atoms with E-state index in [2.05, 4.69) is 43.1 Å². The molecule has 0 saturated carbocycles. The van der Waals surface area contributed by atoms with Crippen molar-refractivity contribution in [3.63, 3.8) is 0 Å². The van der Waals surface area contributed by atoms with Crippen molar-refractivity contribution < 1.29 is 9.47 Å². The number of allylic oxidation sites excluding steroid dienone is 4. The van der Waals surface area contributed by atoms with Crippen molar-refractivity contribution in [2.45, 2.75) is 155 Å². The Morgan fingerprint density at radius 3 is 1.89 bits per heavy atom. The molecule has 0 aromatic rings. The molecule has 0 spiro atoms. The lowest BCUT2D eigenvalue weighted by Crippen LogP contribution is -2.33. The number of rotatable bonds is 27. The van der Waals surface area contributed by atoms with Crippen LogP contribution in [0.4, 0.5) is 0 Å². The van der Waals surface area contributed by atoms with E-state index in [1.165, 1.54) is 129 Å². The maximum absolute atomic E-state index is 6.25. The quantitative estimate of drug-likeness (QED) is 0.0818. The van der Waals surface area contributed by atoms with Gasteiger partial charge in [-0.25, -0.2) is 0 Å². The van der Waals surface area contributed by atoms with E-state index < -0.39 is 0 Å². The summed E-state index contributed by atoms with van der Waals surface area (Å²) < 4.78 is 12.1. The van der Waals surface area contributed by atoms with Gasteiger partial charge in [0.05, 0.1) is 0 Å². The normalized spacial score (nSPS) is 16.8. The lowest BCUT2D eigenvalue weighted by molar-refractivity contribution is -0.0393. The van der Waals surface area contributed by atoms with Crippen LogP contribution in [0.1, 0.15) is 149 Å². The first-order chi connectivity index (χ1) is 17.9. The minimum atomic E-state index is 0.363. The van der Waals surface area contributed by atoms with E-state index in [0.717, 1.165) is 39.2 Å². The summed E-state index contributed by atoms with van der Waals surface area (Å²) in [5, 5.41) is 0. The van der Waals surface area contributed by atoms with Crippen LogP contribution >= 0.6 is 0 Å². The standard InChI is InChI=1S/C33H63NO2/c1-3-5-7-9-11-12-13-14-15-16-17-18-19-20-22-24-32-36-33-27-25-28-34(33)29-26-31-35-30-23-21-10-8-6-4-2/h11-12,14-15,33H,3-10,13,16-32H2,1-2H3/b12-11-,15-14-. The highest BCUT2D eigenvalue weighted by atomic mass is 16.5. The fourth-order valence-electron chi connectivity index (χ4n) is 5.01. The van der Waals surface area contributed by atoms with Crippen molar-refractivity contribution in [1.29, 1.82) is 0 Å². The van der Waals surface area contributed by atoms with Gasteiger partial charge in [0.2, 0.25) is 0 Å². The highest BCUT2D eigenvalue weighted by molar-refractivity contribution is 4.92. The fraction of sp³-hybridized carbons (Fsp3) is 0.879. The number of hydrogen-bond acceptors (Lipinski definition) is 3. The van der Waals surface area contributed by atoms with Crippen LogP contribution in [0.3, 0.4) is 0 Å². The molecular weight excluding hydrogens is 442 g/mol. The zero-order valence-electron chi connectivity index (χ0n) is 24.5. The SMILES string of the molecule is CCCCC/C=C\C/C=C\CCCCCCCCOC1CCCN1CCCOCCCCCCCC. The zero-order valence-corrected chi connectivity index (χ0v) is 24.5. The molecule has 1 aliphatic rings. The minimum absolute atomic E-state index is 0.363. The topological polar surface area (TPSA) is 21.7 Å². The maximum atomic E-state index is 6.25. The number of nitrogens with zero attached hydrogens (tertiary/aromatic N) is 1. The Hall–Kier alpha value is -0.640. The Bertz CT molecular complexity index is 490. The van der Waals surface area contributed by atoms with Crippen molar-refractivity contribution in [1.82, 2.24) is 4.90 Å². The van der Waals surface area contributed by atoms with E-state index in [1.807, 2.05) is 0 Å². The van der Waals surface area contributed by atoms with Gasteiger partial charge in [0.25, 0.3) is 0 Å². The van der Waals surface area contributed by atoms with E-state index in [0.29, 0.717) is 6.23 Å². The Morgan fingerprint density at radius 1 is 0.611 bits per heavy atom. The average Bonchev–Trinajstić information content (AvgIpc) is 3.34. The van der Waals surface area contributed by atoms with Crippen molar-refractivity contribution >= 4 is 0 Å². The van der Waals surface area contributed by atoms with Crippen LogP contribution < -0.4 is 0 Å². The Balaban J connectivity index is 1.85. The maximum Gasteiger partial charge on any atom is 0.110 e. The van der Waals surface area contributed by atoms with Crippen LogP contribution in [0, 0.1) is 0 Å². The van der Waals surface area contributed by atoms with Crippen LogP contribution in [0.5, 0.6) is 0 Å². The average molecular weight is 506 g/mol. The van der Waals surface area contributed by atoms with Gasteiger partial charge in [0, 0.05) is 32.9 Å².